The number of fused-ring (bicyclic) bond motifs is 2. The van der Waals surface area contributed by atoms with Crippen molar-refractivity contribution in [3.8, 4) is 11.5 Å². The number of pyridine rings is 2. The van der Waals surface area contributed by atoms with E-state index in [-0.39, 0.29) is 0 Å². The minimum atomic E-state index is 0.424. The summed E-state index contributed by atoms with van der Waals surface area (Å²) in [5.41, 5.74) is 4.16. The Bertz CT molecular complexity index is 1520. The maximum atomic E-state index is 6.10. The van der Waals surface area contributed by atoms with E-state index in [0.29, 0.717) is 17.6 Å². The quantitative estimate of drug-likeness (QED) is 0.400. The maximum absolute atomic E-state index is 6.10. The van der Waals surface area contributed by atoms with Gasteiger partial charge in [0, 0.05) is 43.6 Å². The Hall–Kier alpha value is -4.31. The molecule has 35 heavy (non-hydrogen) atoms. The Morgan fingerprint density at radius 2 is 2.00 bits per heavy atom. The Labute approximate surface area is 202 Å². The van der Waals surface area contributed by atoms with E-state index < -0.39 is 0 Å². The fraction of sp³-hybridized carbons (Fsp3) is 0.240. The molecule has 176 valence electrons. The lowest BCUT2D eigenvalue weighted by Crippen LogP contribution is -2.49. The number of hydrogen-bond acceptors (Lipinski definition) is 9. The smallest absolute Gasteiger partial charge is 0.160 e. The Morgan fingerprint density at radius 3 is 2.89 bits per heavy atom. The average Bonchev–Trinajstić information content (AvgIpc) is 3.34. The maximum Gasteiger partial charge on any atom is 0.160 e. The molecule has 1 atom stereocenters. The van der Waals surface area contributed by atoms with Crippen molar-refractivity contribution >= 4 is 34.0 Å². The minimum absolute atomic E-state index is 0.424. The van der Waals surface area contributed by atoms with Crippen LogP contribution in [0.1, 0.15) is 12.5 Å². The molecule has 5 aromatic rings. The second kappa shape index (κ2) is 8.80. The molecule has 6 rings (SSSR count). The topological polar surface area (TPSA) is 105 Å². The van der Waals surface area contributed by atoms with Gasteiger partial charge in [0.1, 0.15) is 35.5 Å². The highest BCUT2D eigenvalue weighted by atomic mass is 16.5. The first-order valence-corrected chi connectivity index (χ1v) is 11.6. The molecular weight excluding hydrogens is 442 g/mol. The number of nitrogens with zero attached hydrogens (tertiary/aromatic N) is 7. The molecule has 1 aromatic carbocycles. The molecule has 0 aliphatic carbocycles. The monoisotopic (exact) mass is 467 g/mol. The van der Waals surface area contributed by atoms with Gasteiger partial charge < -0.3 is 20.3 Å². The minimum Gasteiger partial charge on any atom is -0.457 e. The van der Waals surface area contributed by atoms with Gasteiger partial charge in [-0.25, -0.2) is 24.5 Å². The Morgan fingerprint density at radius 1 is 1.06 bits per heavy atom. The van der Waals surface area contributed by atoms with Crippen LogP contribution in [0.3, 0.4) is 0 Å². The molecule has 0 bridgehead atoms. The molecule has 4 aromatic heterocycles. The molecular formula is C25H25N9O. The first-order valence-electron chi connectivity index (χ1n) is 11.6. The molecule has 0 amide bonds. The standard InChI is InChI=1S/C25H25N9O/c1-16-11-18(3-5-21(16)35-19-7-9-34-23(12-19)28-15-30-34)31-25-24-20(27-14-29-25)4-6-22(32-24)33-10-8-26-17(2)13-33/h3-7,9,11-12,14-15,17,26H,8,10,13H2,1-2H3,(H,27,29,31)/t17-/m0/s1. The van der Waals surface area contributed by atoms with E-state index in [1.165, 1.54) is 6.33 Å². The van der Waals surface area contributed by atoms with Crippen molar-refractivity contribution in [2.45, 2.75) is 19.9 Å². The molecule has 0 saturated carbocycles. The third-order valence-electron chi connectivity index (χ3n) is 6.08. The number of hydrogen-bond donors (Lipinski definition) is 2. The molecule has 1 fully saturated rings. The highest BCUT2D eigenvalue weighted by molar-refractivity contribution is 5.88. The lowest BCUT2D eigenvalue weighted by molar-refractivity contribution is 0.478. The average molecular weight is 468 g/mol. The van der Waals surface area contributed by atoms with Crippen LogP contribution in [0.15, 0.2) is 61.3 Å². The van der Waals surface area contributed by atoms with Crippen LogP contribution in [-0.2, 0) is 0 Å². The number of nitrogens with one attached hydrogen (secondary N) is 2. The first-order chi connectivity index (χ1) is 17.1. The predicted octanol–water partition coefficient (Wildman–Crippen LogP) is 3.71. The number of ether oxygens (including phenoxy) is 1. The van der Waals surface area contributed by atoms with Crippen molar-refractivity contribution in [2.24, 2.45) is 0 Å². The van der Waals surface area contributed by atoms with Crippen LogP contribution in [-0.4, -0.2) is 55.2 Å². The normalized spacial score (nSPS) is 16.1. The Balaban J connectivity index is 1.25. The summed E-state index contributed by atoms with van der Waals surface area (Å²) >= 11 is 0. The van der Waals surface area contributed by atoms with E-state index in [2.05, 4.69) is 42.5 Å². The van der Waals surface area contributed by atoms with Crippen molar-refractivity contribution in [3.05, 3.63) is 66.9 Å². The van der Waals surface area contributed by atoms with Crippen LogP contribution in [0.2, 0.25) is 0 Å². The van der Waals surface area contributed by atoms with E-state index in [1.807, 2.05) is 55.6 Å². The van der Waals surface area contributed by atoms with Crippen molar-refractivity contribution < 1.29 is 4.74 Å². The first kappa shape index (κ1) is 21.2. The lowest BCUT2D eigenvalue weighted by Gasteiger charge is -2.32. The zero-order valence-corrected chi connectivity index (χ0v) is 19.5. The van der Waals surface area contributed by atoms with Crippen molar-refractivity contribution in [2.75, 3.05) is 29.9 Å². The van der Waals surface area contributed by atoms with Gasteiger partial charge in [-0.3, -0.25) is 0 Å². The van der Waals surface area contributed by atoms with Gasteiger partial charge in [-0.2, -0.15) is 5.10 Å². The molecule has 0 unspecified atom stereocenters. The molecule has 0 spiro atoms. The zero-order valence-electron chi connectivity index (χ0n) is 19.5. The van der Waals surface area contributed by atoms with Gasteiger partial charge in [-0.1, -0.05) is 0 Å². The zero-order chi connectivity index (χ0) is 23.8. The van der Waals surface area contributed by atoms with Gasteiger partial charge in [0.05, 0.1) is 5.52 Å². The van der Waals surface area contributed by atoms with Gasteiger partial charge in [-0.15, -0.1) is 0 Å². The van der Waals surface area contributed by atoms with Gasteiger partial charge >= 0.3 is 0 Å². The third-order valence-corrected chi connectivity index (χ3v) is 6.08. The van der Waals surface area contributed by atoms with E-state index in [9.17, 15) is 0 Å². The number of rotatable bonds is 5. The second-order valence-corrected chi connectivity index (χ2v) is 8.69. The molecule has 0 radical (unpaired) electrons. The van der Waals surface area contributed by atoms with Gasteiger partial charge in [0.25, 0.3) is 0 Å². The van der Waals surface area contributed by atoms with Crippen LogP contribution in [0.25, 0.3) is 16.7 Å². The number of benzene rings is 1. The summed E-state index contributed by atoms with van der Waals surface area (Å²) in [7, 11) is 0. The fourth-order valence-corrected chi connectivity index (χ4v) is 4.30. The van der Waals surface area contributed by atoms with E-state index >= 15 is 0 Å². The molecule has 10 nitrogen and oxygen atoms in total. The Kier molecular flexibility index (Phi) is 5.34. The predicted molar refractivity (Wildman–Crippen MR) is 135 cm³/mol. The van der Waals surface area contributed by atoms with Crippen LogP contribution < -0.4 is 20.3 Å². The summed E-state index contributed by atoms with van der Waals surface area (Å²) in [6.07, 6.45) is 4.90. The molecule has 5 heterocycles. The van der Waals surface area contributed by atoms with E-state index in [4.69, 9.17) is 9.72 Å². The third kappa shape index (κ3) is 4.31. The van der Waals surface area contributed by atoms with Crippen LogP contribution in [0.4, 0.5) is 17.3 Å². The van der Waals surface area contributed by atoms with Crippen LogP contribution in [0, 0.1) is 6.92 Å². The molecule has 1 aliphatic rings. The highest BCUT2D eigenvalue weighted by Crippen LogP contribution is 2.30. The molecule has 1 saturated heterocycles. The SMILES string of the molecule is Cc1cc(Nc2ncnc3ccc(N4CCN[C@@H](C)C4)nc23)ccc1Oc1ccn2ncnc2c1. The molecule has 1 aliphatic heterocycles. The molecule has 2 N–H and O–H groups in total. The number of aryl methyl sites for hydroxylation is 1. The largest absolute Gasteiger partial charge is 0.457 e. The summed E-state index contributed by atoms with van der Waals surface area (Å²) < 4.78 is 7.79. The number of aromatic nitrogens is 6. The van der Waals surface area contributed by atoms with Crippen molar-refractivity contribution in [1.82, 2.24) is 34.9 Å². The van der Waals surface area contributed by atoms with E-state index in [0.717, 1.165) is 59.1 Å². The van der Waals surface area contributed by atoms with Crippen LogP contribution >= 0.6 is 0 Å². The summed E-state index contributed by atoms with van der Waals surface area (Å²) in [4.78, 5) is 20.3. The van der Waals surface area contributed by atoms with Crippen LogP contribution in [0.5, 0.6) is 11.5 Å². The lowest BCUT2D eigenvalue weighted by atomic mass is 10.2. The van der Waals surface area contributed by atoms with E-state index in [1.54, 1.807) is 10.8 Å². The second-order valence-electron chi connectivity index (χ2n) is 8.69. The number of anilines is 3. The van der Waals surface area contributed by atoms with Crippen molar-refractivity contribution in [3.63, 3.8) is 0 Å². The summed E-state index contributed by atoms with van der Waals surface area (Å²) in [6, 6.07) is 14.1. The summed E-state index contributed by atoms with van der Waals surface area (Å²) in [5, 5.41) is 11.0. The highest BCUT2D eigenvalue weighted by Gasteiger charge is 2.18. The van der Waals surface area contributed by atoms with Gasteiger partial charge in [-0.05, 0) is 55.8 Å². The van der Waals surface area contributed by atoms with Gasteiger partial charge in [0.2, 0.25) is 0 Å². The molecule has 10 heteroatoms. The number of piperazine rings is 1. The summed E-state index contributed by atoms with van der Waals surface area (Å²) in [5.74, 6) is 3.08. The fourth-order valence-electron chi connectivity index (χ4n) is 4.30. The summed E-state index contributed by atoms with van der Waals surface area (Å²) in [6.45, 7) is 6.98. The van der Waals surface area contributed by atoms with Crippen molar-refractivity contribution in [1.29, 1.82) is 0 Å². The van der Waals surface area contributed by atoms with Gasteiger partial charge in [0.15, 0.2) is 11.5 Å².